The van der Waals surface area contributed by atoms with Crippen molar-refractivity contribution in [2.75, 3.05) is 0 Å². The topological polar surface area (TPSA) is 47.0 Å². The van der Waals surface area contributed by atoms with E-state index in [0.29, 0.717) is 22.0 Å². The van der Waals surface area contributed by atoms with E-state index in [2.05, 4.69) is 4.98 Å². The molecule has 3 aromatic rings. The Morgan fingerprint density at radius 2 is 1.70 bits per heavy atom. The summed E-state index contributed by atoms with van der Waals surface area (Å²) < 4.78 is 51.5. The summed E-state index contributed by atoms with van der Waals surface area (Å²) in [5, 5.41) is 0.758. The minimum absolute atomic E-state index is 0.0589. The van der Waals surface area contributed by atoms with Crippen LogP contribution in [0.2, 0.25) is 10.0 Å². The summed E-state index contributed by atoms with van der Waals surface area (Å²) in [7, 11) is -4.14. The second-order valence-electron chi connectivity index (χ2n) is 4.68. The Hall–Kier alpha value is -1.76. The molecule has 0 N–H and O–H groups in total. The Morgan fingerprint density at radius 1 is 0.957 bits per heavy atom. The van der Waals surface area contributed by atoms with Crippen molar-refractivity contribution in [2.24, 2.45) is 0 Å². The maximum absolute atomic E-state index is 13.3. The van der Waals surface area contributed by atoms with Crippen molar-refractivity contribution in [3.05, 3.63) is 64.3 Å². The van der Waals surface area contributed by atoms with Crippen LogP contribution in [-0.2, 0) is 9.84 Å². The predicted octanol–water partition coefficient (Wildman–Crippen LogP) is 4.65. The number of benzene rings is 2. The Kier molecular flexibility index (Phi) is 4.00. The van der Waals surface area contributed by atoms with Crippen LogP contribution in [0.25, 0.3) is 10.9 Å². The molecule has 0 radical (unpaired) electrons. The summed E-state index contributed by atoms with van der Waals surface area (Å²) in [4.78, 5) is 3.32. The van der Waals surface area contributed by atoms with Crippen LogP contribution in [0.5, 0.6) is 0 Å². The van der Waals surface area contributed by atoms with Crippen LogP contribution < -0.4 is 0 Å². The van der Waals surface area contributed by atoms with E-state index in [-0.39, 0.29) is 9.92 Å². The molecule has 3 rings (SSSR count). The number of rotatable bonds is 2. The molecule has 118 valence electrons. The molecule has 0 aliphatic carbocycles. The SMILES string of the molecule is O=S(=O)(c1ccc(F)c(F)c1)c1cnc2cc(Cl)ccc2c1Cl. The van der Waals surface area contributed by atoms with Gasteiger partial charge in [0.1, 0.15) is 4.90 Å². The third-order valence-electron chi connectivity index (χ3n) is 3.22. The van der Waals surface area contributed by atoms with Gasteiger partial charge in [0.05, 0.1) is 15.4 Å². The zero-order valence-corrected chi connectivity index (χ0v) is 13.6. The van der Waals surface area contributed by atoms with E-state index >= 15 is 0 Å². The molecule has 0 aliphatic heterocycles. The molecule has 0 spiro atoms. The lowest BCUT2D eigenvalue weighted by Gasteiger charge is -2.09. The van der Waals surface area contributed by atoms with Gasteiger partial charge in [-0.05, 0) is 36.4 Å². The van der Waals surface area contributed by atoms with E-state index < -0.39 is 26.4 Å². The lowest BCUT2D eigenvalue weighted by atomic mass is 10.2. The summed E-state index contributed by atoms with van der Waals surface area (Å²) in [5.74, 6) is -2.40. The second kappa shape index (κ2) is 5.70. The first-order chi connectivity index (χ1) is 10.8. The Balaban J connectivity index is 2.24. The minimum atomic E-state index is -4.14. The summed E-state index contributed by atoms with van der Waals surface area (Å²) in [6, 6.07) is 6.94. The van der Waals surface area contributed by atoms with Crippen molar-refractivity contribution < 1.29 is 17.2 Å². The van der Waals surface area contributed by atoms with E-state index in [0.717, 1.165) is 18.3 Å². The van der Waals surface area contributed by atoms with Gasteiger partial charge >= 0.3 is 0 Å². The molecule has 8 heteroatoms. The molecular formula is C15H7Cl2F2NO2S. The first-order valence-electron chi connectivity index (χ1n) is 6.24. The molecule has 0 unspecified atom stereocenters. The molecule has 1 aromatic heterocycles. The van der Waals surface area contributed by atoms with Gasteiger partial charge in [0.25, 0.3) is 0 Å². The smallest absolute Gasteiger partial charge is 0.209 e. The largest absolute Gasteiger partial charge is 0.255 e. The van der Waals surface area contributed by atoms with Crippen molar-refractivity contribution in [3.8, 4) is 0 Å². The fourth-order valence-corrected chi connectivity index (χ4v) is 4.05. The highest BCUT2D eigenvalue weighted by Gasteiger charge is 2.24. The fraction of sp³-hybridized carbons (Fsp3) is 0. The van der Waals surface area contributed by atoms with Gasteiger partial charge < -0.3 is 0 Å². The molecule has 0 aliphatic rings. The van der Waals surface area contributed by atoms with Gasteiger partial charge in [0.15, 0.2) is 11.6 Å². The molecular weight excluding hydrogens is 367 g/mol. The number of sulfone groups is 1. The van der Waals surface area contributed by atoms with Gasteiger partial charge in [0, 0.05) is 16.6 Å². The minimum Gasteiger partial charge on any atom is -0.255 e. The number of fused-ring (bicyclic) bond motifs is 1. The predicted molar refractivity (Wildman–Crippen MR) is 83.6 cm³/mol. The standard InChI is InChI=1S/C15H7Cl2F2NO2S/c16-8-1-3-10-13(5-8)20-7-14(15(10)17)23(21,22)9-2-4-11(18)12(19)6-9/h1-7H. The van der Waals surface area contributed by atoms with Crippen LogP contribution in [0, 0.1) is 11.6 Å². The molecule has 0 atom stereocenters. The van der Waals surface area contributed by atoms with Crippen LogP contribution in [0.1, 0.15) is 0 Å². The van der Waals surface area contributed by atoms with Crippen LogP contribution >= 0.6 is 23.2 Å². The quantitative estimate of drug-likeness (QED) is 0.614. The normalized spacial score (nSPS) is 11.8. The highest BCUT2D eigenvalue weighted by atomic mass is 35.5. The summed E-state index contributed by atoms with van der Waals surface area (Å²) in [6.07, 6.45) is 1.07. The molecule has 0 saturated carbocycles. The van der Waals surface area contributed by atoms with Gasteiger partial charge in [-0.1, -0.05) is 23.2 Å². The lowest BCUT2D eigenvalue weighted by molar-refractivity contribution is 0.504. The average Bonchev–Trinajstić information content (AvgIpc) is 2.49. The average molecular weight is 374 g/mol. The molecule has 1 heterocycles. The number of nitrogens with zero attached hydrogens (tertiary/aromatic N) is 1. The fourth-order valence-electron chi connectivity index (χ4n) is 2.07. The first-order valence-corrected chi connectivity index (χ1v) is 8.48. The summed E-state index contributed by atoms with van der Waals surface area (Å²) >= 11 is 12.0. The van der Waals surface area contributed by atoms with Gasteiger partial charge in [-0.3, -0.25) is 4.98 Å². The van der Waals surface area contributed by atoms with Gasteiger partial charge in [-0.25, -0.2) is 17.2 Å². The van der Waals surface area contributed by atoms with Crippen LogP contribution in [-0.4, -0.2) is 13.4 Å². The lowest BCUT2D eigenvalue weighted by Crippen LogP contribution is -2.05. The summed E-state index contributed by atoms with van der Waals surface area (Å²) in [6.45, 7) is 0. The maximum Gasteiger partial charge on any atom is 0.209 e. The van der Waals surface area contributed by atoms with Crippen molar-refractivity contribution in [1.82, 2.24) is 4.98 Å². The van der Waals surface area contributed by atoms with E-state index in [1.807, 2.05) is 0 Å². The van der Waals surface area contributed by atoms with Gasteiger partial charge in [-0.2, -0.15) is 0 Å². The Morgan fingerprint density at radius 3 is 2.39 bits per heavy atom. The number of halogens is 4. The molecule has 0 fully saturated rings. The highest BCUT2D eigenvalue weighted by molar-refractivity contribution is 7.91. The number of aromatic nitrogens is 1. The number of hydrogen-bond donors (Lipinski definition) is 0. The molecule has 0 saturated heterocycles. The third-order valence-corrected chi connectivity index (χ3v) is 5.74. The van der Waals surface area contributed by atoms with E-state index in [1.54, 1.807) is 6.07 Å². The van der Waals surface area contributed by atoms with Crippen LogP contribution in [0.3, 0.4) is 0 Å². The third kappa shape index (κ3) is 2.78. The van der Waals surface area contributed by atoms with Crippen molar-refractivity contribution in [3.63, 3.8) is 0 Å². The molecule has 2 aromatic carbocycles. The molecule has 23 heavy (non-hydrogen) atoms. The van der Waals surface area contributed by atoms with Crippen LogP contribution in [0.4, 0.5) is 8.78 Å². The zero-order chi connectivity index (χ0) is 16.8. The maximum atomic E-state index is 13.3. The van der Waals surface area contributed by atoms with E-state index in [1.165, 1.54) is 12.1 Å². The molecule has 0 amide bonds. The number of hydrogen-bond acceptors (Lipinski definition) is 3. The molecule has 3 nitrogen and oxygen atoms in total. The monoisotopic (exact) mass is 373 g/mol. The zero-order valence-electron chi connectivity index (χ0n) is 11.2. The highest BCUT2D eigenvalue weighted by Crippen LogP contribution is 2.33. The van der Waals surface area contributed by atoms with Gasteiger partial charge in [-0.15, -0.1) is 0 Å². The van der Waals surface area contributed by atoms with E-state index in [4.69, 9.17) is 23.2 Å². The Bertz CT molecular complexity index is 1040. The van der Waals surface area contributed by atoms with Crippen molar-refractivity contribution in [1.29, 1.82) is 0 Å². The van der Waals surface area contributed by atoms with Gasteiger partial charge in [0.2, 0.25) is 9.84 Å². The Labute approximate surface area is 140 Å². The number of pyridine rings is 1. The summed E-state index contributed by atoms with van der Waals surface area (Å²) in [5.41, 5.74) is 0.423. The molecule has 0 bridgehead atoms. The first kappa shape index (κ1) is 16.1. The van der Waals surface area contributed by atoms with Crippen LogP contribution in [0.15, 0.2) is 52.4 Å². The van der Waals surface area contributed by atoms with Crippen molar-refractivity contribution >= 4 is 43.9 Å². The van der Waals surface area contributed by atoms with E-state index in [9.17, 15) is 17.2 Å². The van der Waals surface area contributed by atoms with Crippen molar-refractivity contribution in [2.45, 2.75) is 9.79 Å². The second-order valence-corrected chi connectivity index (χ2v) is 7.41.